The fourth-order valence-corrected chi connectivity index (χ4v) is 3.48. The molecule has 0 aliphatic rings. The van der Waals surface area contributed by atoms with Gasteiger partial charge in [-0.3, -0.25) is 0 Å². The van der Waals surface area contributed by atoms with E-state index >= 15 is 0 Å². The number of rotatable bonds is 2. The highest BCUT2D eigenvalue weighted by molar-refractivity contribution is 6.06. The van der Waals surface area contributed by atoms with Gasteiger partial charge < -0.3 is 4.57 Å². The number of fused-ring (bicyclic) bond motifs is 4. The van der Waals surface area contributed by atoms with Crippen molar-refractivity contribution in [3.05, 3.63) is 83.9 Å². The van der Waals surface area contributed by atoms with Crippen LogP contribution in [0.25, 0.3) is 33.1 Å². The molecule has 2 heterocycles. The highest BCUT2D eigenvalue weighted by atomic mass is 15.1. The van der Waals surface area contributed by atoms with Gasteiger partial charge in [0, 0.05) is 5.39 Å². The molecule has 5 rings (SSSR count). The Kier molecular flexibility index (Phi) is 3.19. The Morgan fingerprint density at radius 3 is 2.35 bits per heavy atom. The standard InChI is InChI=1S/C22H14N4/c23-13-15-7-1-2-8-16(15)14-26-20-12-6-3-9-17(20)21-22(26)25-19-11-5-4-10-18(19)24-21/h1-12H,14H2. The maximum atomic E-state index is 9.43. The summed E-state index contributed by atoms with van der Waals surface area (Å²) in [5.41, 5.74) is 6.25. The summed E-state index contributed by atoms with van der Waals surface area (Å²) in [4.78, 5) is 9.75. The second-order valence-electron chi connectivity index (χ2n) is 6.26. The van der Waals surface area contributed by atoms with Crippen molar-refractivity contribution in [2.75, 3.05) is 0 Å². The molecule has 0 N–H and O–H groups in total. The second kappa shape index (κ2) is 5.68. The molecule has 3 aromatic carbocycles. The lowest BCUT2D eigenvalue weighted by atomic mass is 10.1. The Hall–Kier alpha value is -3.71. The van der Waals surface area contributed by atoms with Gasteiger partial charge in [0.25, 0.3) is 0 Å². The topological polar surface area (TPSA) is 54.5 Å². The van der Waals surface area contributed by atoms with Crippen LogP contribution in [0.4, 0.5) is 0 Å². The predicted molar refractivity (Wildman–Crippen MR) is 103 cm³/mol. The third kappa shape index (κ3) is 2.15. The second-order valence-corrected chi connectivity index (χ2v) is 6.26. The molecule has 0 saturated carbocycles. The molecular formula is C22H14N4. The first-order valence-corrected chi connectivity index (χ1v) is 8.47. The zero-order valence-corrected chi connectivity index (χ0v) is 13.9. The molecule has 0 radical (unpaired) electrons. The largest absolute Gasteiger partial charge is 0.319 e. The summed E-state index contributed by atoms with van der Waals surface area (Å²) < 4.78 is 2.15. The summed E-state index contributed by atoms with van der Waals surface area (Å²) in [6.45, 7) is 0.584. The smallest absolute Gasteiger partial charge is 0.160 e. The number of hydrogen-bond acceptors (Lipinski definition) is 3. The maximum Gasteiger partial charge on any atom is 0.160 e. The molecule has 0 spiro atoms. The molecule has 0 unspecified atom stereocenters. The summed E-state index contributed by atoms with van der Waals surface area (Å²) in [7, 11) is 0. The number of aromatic nitrogens is 3. The summed E-state index contributed by atoms with van der Waals surface area (Å²) in [5.74, 6) is 0. The minimum absolute atomic E-state index is 0.584. The van der Waals surface area contributed by atoms with Gasteiger partial charge >= 0.3 is 0 Å². The van der Waals surface area contributed by atoms with Gasteiger partial charge in [-0.2, -0.15) is 5.26 Å². The minimum Gasteiger partial charge on any atom is -0.319 e. The molecule has 0 atom stereocenters. The van der Waals surface area contributed by atoms with Crippen LogP contribution in [0, 0.1) is 11.3 Å². The van der Waals surface area contributed by atoms with E-state index in [1.165, 1.54) is 0 Å². The average Bonchev–Trinajstić information content (AvgIpc) is 3.00. The molecule has 26 heavy (non-hydrogen) atoms. The van der Waals surface area contributed by atoms with Crippen molar-refractivity contribution in [1.82, 2.24) is 14.5 Å². The van der Waals surface area contributed by atoms with Crippen molar-refractivity contribution in [2.24, 2.45) is 0 Å². The fraction of sp³-hybridized carbons (Fsp3) is 0.0455. The van der Waals surface area contributed by atoms with Gasteiger partial charge in [-0.1, -0.05) is 48.5 Å². The van der Waals surface area contributed by atoms with Crippen LogP contribution in [0.5, 0.6) is 0 Å². The molecule has 0 aliphatic heterocycles. The van der Waals surface area contributed by atoms with Crippen molar-refractivity contribution in [2.45, 2.75) is 6.54 Å². The normalized spacial score (nSPS) is 11.2. The maximum absolute atomic E-state index is 9.43. The van der Waals surface area contributed by atoms with E-state index in [4.69, 9.17) is 9.97 Å². The molecule has 122 valence electrons. The quantitative estimate of drug-likeness (QED) is 0.472. The number of nitrogens with zero attached hydrogens (tertiary/aromatic N) is 4. The van der Waals surface area contributed by atoms with Gasteiger partial charge in [-0.25, -0.2) is 9.97 Å². The van der Waals surface area contributed by atoms with Crippen LogP contribution in [-0.2, 0) is 6.54 Å². The Morgan fingerprint density at radius 2 is 1.50 bits per heavy atom. The Bertz CT molecular complexity index is 1320. The highest BCUT2D eigenvalue weighted by Gasteiger charge is 2.15. The van der Waals surface area contributed by atoms with E-state index in [2.05, 4.69) is 22.8 Å². The summed E-state index contributed by atoms with van der Waals surface area (Å²) in [6, 6.07) is 26.1. The molecule has 5 aromatic rings. The van der Waals surface area contributed by atoms with E-state index in [0.717, 1.165) is 38.7 Å². The van der Waals surface area contributed by atoms with Crippen LogP contribution in [-0.4, -0.2) is 14.5 Å². The lowest BCUT2D eigenvalue weighted by Crippen LogP contribution is -2.03. The molecule has 4 nitrogen and oxygen atoms in total. The first kappa shape index (κ1) is 14.6. The molecule has 0 fully saturated rings. The molecule has 0 aliphatic carbocycles. The highest BCUT2D eigenvalue weighted by Crippen LogP contribution is 2.29. The van der Waals surface area contributed by atoms with Crippen molar-refractivity contribution < 1.29 is 0 Å². The monoisotopic (exact) mass is 334 g/mol. The molecule has 2 aromatic heterocycles. The van der Waals surface area contributed by atoms with Crippen LogP contribution >= 0.6 is 0 Å². The van der Waals surface area contributed by atoms with Crippen molar-refractivity contribution >= 4 is 33.1 Å². The first-order valence-electron chi connectivity index (χ1n) is 8.47. The predicted octanol–water partition coefficient (Wildman–Crippen LogP) is 4.66. The van der Waals surface area contributed by atoms with Gasteiger partial charge in [0.15, 0.2) is 5.65 Å². The third-order valence-corrected chi connectivity index (χ3v) is 4.72. The fourth-order valence-electron chi connectivity index (χ4n) is 3.48. The van der Waals surface area contributed by atoms with Crippen LogP contribution in [0.3, 0.4) is 0 Å². The average molecular weight is 334 g/mol. The Morgan fingerprint density at radius 1 is 0.808 bits per heavy atom. The van der Waals surface area contributed by atoms with Gasteiger partial charge in [-0.05, 0) is 29.8 Å². The van der Waals surface area contributed by atoms with Crippen molar-refractivity contribution in [3.63, 3.8) is 0 Å². The lowest BCUT2D eigenvalue weighted by molar-refractivity contribution is 0.854. The van der Waals surface area contributed by atoms with Crippen LogP contribution in [0.15, 0.2) is 72.8 Å². The van der Waals surface area contributed by atoms with Gasteiger partial charge in [0.1, 0.15) is 5.52 Å². The van der Waals surface area contributed by atoms with Gasteiger partial charge in [0.05, 0.1) is 34.7 Å². The zero-order chi connectivity index (χ0) is 17.5. The van der Waals surface area contributed by atoms with E-state index in [0.29, 0.717) is 12.1 Å². The number of hydrogen-bond donors (Lipinski definition) is 0. The number of benzene rings is 3. The van der Waals surface area contributed by atoms with Crippen LogP contribution in [0.2, 0.25) is 0 Å². The van der Waals surface area contributed by atoms with E-state index < -0.39 is 0 Å². The number of para-hydroxylation sites is 3. The van der Waals surface area contributed by atoms with Crippen LogP contribution < -0.4 is 0 Å². The van der Waals surface area contributed by atoms with Crippen molar-refractivity contribution in [3.8, 4) is 6.07 Å². The Labute approximate surface area is 150 Å². The number of nitriles is 1. The summed E-state index contributed by atoms with van der Waals surface area (Å²) in [6.07, 6.45) is 0. The lowest BCUT2D eigenvalue weighted by Gasteiger charge is -2.08. The van der Waals surface area contributed by atoms with E-state index in [1.54, 1.807) is 0 Å². The molecule has 0 bridgehead atoms. The van der Waals surface area contributed by atoms with Crippen molar-refractivity contribution in [1.29, 1.82) is 5.26 Å². The van der Waals surface area contributed by atoms with E-state index in [1.807, 2.05) is 60.7 Å². The van der Waals surface area contributed by atoms with E-state index in [-0.39, 0.29) is 0 Å². The minimum atomic E-state index is 0.584. The zero-order valence-electron chi connectivity index (χ0n) is 13.9. The molecule has 0 saturated heterocycles. The molecule has 0 amide bonds. The molecular weight excluding hydrogens is 320 g/mol. The third-order valence-electron chi connectivity index (χ3n) is 4.72. The van der Waals surface area contributed by atoms with E-state index in [9.17, 15) is 5.26 Å². The summed E-state index contributed by atoms with van der Waals surface area (Å²) >= 11 is 0. The SMILES string of the molecule is N#Cc1ccccc1Cn1c2ccccc2c2nc3ccccc3nc21. The van der Waals surface area contributed by atoms with Gasteiger partial charge in [0.2, 0.25) is 0 Å². The Balaban J connectivity index is 1.85. The summed E-state index contributed by atoms with van der Waals surface area (Å²) in [5, 5.41) is 10.5. The first-order chi connectivity index (χ1) is 12.8. The van der Waals surface area contributed by atoms with Gasteiger partial charge in [-0.15, -0.1) is 0 Å². The van der Waals surface area contributed by atoms with Crippen LogP contribution in [0.1, 0.15) is 11.1 Å². The molecule has 4 heteroatoms.